The molecular weight excluding hydrogens is 352 g/mol. The van der Waals surface area contributed by atoms with Crippen molar-refractivity contribution < 1.29 is 19.1 Å². The molecule has 0 aliphatic rings. The van der Waals surface area contributed by atoms with E-state index in [1.165, 1.54) is 11.3 Å². The SMILES string of the molecule is CCCc1cc(C(=O)OCC(=O)Nc2ccc(C(=O)NC)cc2)sc1C. The van der Waals surface area contributed by atoms with Crippen LogP contribution in [0.25, 0.3) is 0 Å². The molecule has 138 valence electrons. The summed E-state index contributed by atoms with van der Waals surface area (Å²) in [5.41, 5.74) is 2.16. The van der Waals surface area contributed by atoms with E-state index in [0.717, 1.165) is 23.3 Å². The molecule has 0 saturated carbocycles. The number of nitrogens with one attached hydrogen (secondary N) is 2. The van der Waals surface area contributed by atoms with Crippen LogP contribution in [-0.2, 0) is 16.0 Å². The fourth-order valence-corrected chi connectivity index (χ4v) is 3.35. The average Bonchev–Trinajstić information content (AvgIpc) is 3.01. The molecule has 2 N–H and O–H groups in total. The van der Waals surface area contributed by atoms with E-state index in [-0.39, 0.29) is 12.5 Å². The van der Waals surface area contributed by atoms with Gasteiger partial charge in [-0.05, 0) is 49.2 Å². The van der Waals surface area contributed by atoms with Crippen molar-refractivity contribution >= 4 is 34.8 Å². The van der Waals surface area contributed by atoms with Gasteiger partial charge in [0.1, 0.15) is 4.88 Å². The number of carbonyl (C=O) groups excluding carboxylic acids is 3. The molecule has 0 spiro atoms. The molecule has 1 heterocycles. The largest absolute Gasteiger partial charge is 0.451 e. The molecule has 1 aromatic carbocycles. The Morgan fingerprint density at radius 1 is 1.15 bits per heavy atom. The first kappa shape index (κ1) is 19.7. The summed E-state index contributed by atoms with van der Waals surface area (Å²) in [5, 5.41) is 5.15. The van der Waals surface area contributed by atoms with Crippen molar-refractivity contribution in [1.82, 2.24) is 5.32 Å². The van der Waals surface area contributed by atoms with E-state index in [1.807, 2.05) is 13.0 Å². The summed E-state index contributed by atoms with van der Waals surface area (Å²) in [6, 6.07) is 8.27. The second-order valence-corrected chi connectivity index (χ2v) is 6.98. The molecule has 0 aliphatic heterocycles. The van der Waals surface area contributed by atoms with E-state index < -0.39 is 11.9 Å². The first-order valence-corrected chi connectivity index (χ1v) is 9.14. The Labute approximate surface area is 156 Å². The summed E-state index contributed by atoms with van der Waals surface area (Å²) >= 11 is 1.38. The lowest BCUT2D eigenvalue weighted by Crippen LogP contribution is -2.21. The van der Waals surface area contributed by atoms with E-state index in [4.69, 9.17) is 4.74 Å². The van der Waals surface area contributed by atoms with Crippen LogP contribution in [0.2, 0.25) is 0 Å². The fourth-order valence-electron chi connectivity index (χ4n) is 2.39. The molecule has 0 saturated heterocycles. The van der Waals surface area contributed by atoms with Crippen molar-refractivity contribution in [3.63, 3.8) is 0 Å². The van der Waals surface area contributed by atoms with Crippen molar-refractivity contribution in [3.8, 4) is 0 Å². The number of benzene rings is 1. The highest BCUT2D eigenvalue weighted by Gasteiger charge is 2.15. The van der Waals surface area contributed by atoms with Crippen LogP contribution in [0.3, 0.4) is 0 Å². The maximum atomic E-state index is 12.1. The van der Waals surface area contributed by atoms with E-state index in [0.29, 0.717) is 16.1 Å². The number of anilines is 1. The molecule has 26 heavy (non-hydrogen) atoms. The fraction of sp³-hybridized carbons (Fsp3) is 0.316. The number of aryl methyl sites for hydroxylation is 2. The number of esters is 1. The van der Waals surface area contributed by atoms with Gasteiger partial charge in [0.2, 0.25) is 0 Å². The van der Waals surface area contributed by atoms with E-state index in [9.17, 15) is 14.4 Å². The third-order valence-corrected chi connectivity index (χ3v) is 4.81. The lowest BCUT2D eigenvalue weighted by molar-refractivity contribution is -0.119. The third kappa shape index (κ3) is 5.16. The van der Waals surface area contributed by atoms with Crippen LogP contribution in [0.4, 0.5) is 5.69 Å². The Morgan fingerprint density at radius 2 is 1.85 bits per heavy atom. The molecule has 2 rings (SSSR count). The van der Waals surface area contributed by atoms with Crippen molar-refractivity contribution in [1.29, 1.82) is 0 Å². The maximum absolute atomic E-state index is 12.1. The van der Waals surface area contributed by atoms with Crippen molar-refractivity contribution in [2.45, 2.75) is 26.7 Å². The first-order valence-electron chi connectivity index (χ1n) is 8.33. The number of ether oxygens (including phenoxy) is 1. The quantitative estimate of drug-likeness (QED) is 0.729. The molecule has 0 radical (unpaired) electrons. The van der Waals surface area contributed by atoms with Crippen LogP contribution < -0.4 is 10.6 Å². The summed E-state index contributed by atoms with van der Waals surface area (Å²) in [6.07, 6.45) is 1.93. The highest BCUT2D eigenvalue weighted by Crippen LogP contribution is 2.23. The predicted molar refractivity (Wildman–Crippen MR) is 102 cm³/mol. The molecule has 0 aliphatic carbocycles. The summed E-state index contributed by atoms with van der Waals surface area (Å²) in [7, 11) is 1.55. The van der Waals surface area contributed by atoms with E-state index in [1.54, 1.807) is 31.3 Å². The first-order chi connectivity index (χ1) is 12.4. The molecule has 0 unspecified atom stereocenters. The Kier molecular flexibility index (Phi) is 6.91. The Balaban J connectivity index is 1.87. The van der Waals surface area contributed by atoms with Crippen LogP contribution in [-0.4, -0.2) is 31.4 Å². The monoisotopic (exact) mass is 374 g/mol. The zero-order valence-corrected chi connectivity index (χ0v) is 15.9. The molecule has 6 nitrogen and oxygen atoms in total. The normalized spacial score (nSPS) is 10.3. The highest BCUT2D eigenvalue weighted by atomic mass is 32.1. The average molecular weight is 374 g/mol. The van der Waals surface area contributed by atoms with Crippen molar-refractivity contribution in [3.05, 3.63) is 51.2 Å². The van der Waals surface area contributed by atoms with Gasteiger partial charge in [-0.2, -0.15) is 0 Å². The molecule has 7 heteroatoms. The molecular formula is C19H22N2O4S. The van der Waals surface area contributed by atoms with Gasteiger partial charge >= 0.3 is 5.97 Å². The molecule has 0 fully saturated rings. The van der Waals surface area contributed by atoms with Crippen molar-refractivity contribution in [2.24, 2.45) is 0 Å². The number of carbonyl (C=O) groups is 3. The molecule has 0 bridgehead atoms. The lowest BCUT2D eigenvalue weighted by atomic mass is 10.1. The number of amides is 2. The van der Waals surface area contributed by atoms with Gasteiger partial charge in [-0.25, -0.2) is 4.79 Å². The third-order valence-electron chi connectivity index (χ3n) is 3.73. The number of hydrogen-bond donors (Lipinski definition) is 2. The second kappa shape index (κ2) is 9.15. The van der Waals surface area contributed by atoms with Gasteiger partial charge in [0, 0.05) is 23.2 Å². The zero-order valence-electron chi connectivity index (χ0n) is 15.0. The van der Waals surface area contributed by atoms with Gasteiger partial charge in [-0.3, -0.25) is 9.59 Å². The predicted octanol–water partition coefficient (Wildman–Crippen LogP) is 3.16. The Morgan fingerprint density at radius 3 is 2.46 bits per heavy atom. The van der Waals surface area contributed by atoms with Crippen molar-refractivity contribution in [2.75, 3.05) is 19.0 Å². The molecule has 0 atom stereocenters. The minimum atomic E-state index is -0.495. The van der Waals surface area contributed by atoms with E-state index >= 15 is 0 Å². The standard InChI is InChI=1S/C19H22N2O4S/c1-4-5-14-10-16(26-12(14)2)19(24)25-11-17(22)21-15-8-6-13(7-9-15)18(23)20-3/h6-10H,4-5,11H2,1-3H3,(H,20,23)(H,21,22). The minimum absolute atomic E-state index is 0.203. The summed E-state index contributed by atoms with van der Waals surface area (Å²) in [6.45, 7) is 3.69. The topological polar surface area (TPSA) is 84.5 Å². The Hall–Kier alpha value is -2.67. The van der Waals surface area contributed by atoms with Crippen LogP contribution in [0.1, 0.15) is 43.8 Å². The van der Waals surface area contributed by atoms with Gasteiger partial charge in [-0.15, -0.1) is 11.3 Å². The van der Waals surface area contributed by atoms with Gasteiger partial charge in [0.05, 0.1) is 0 Å². The number of thiophene rings is 1. The van der Waals surface area contributed by atoms with Gasteiger partial charge in [0.15, 0.2) is 6.61 Å². The number of rotatable bonds is 7. The maximum Gasteiger partial charge on any atom is 0.348 e. The van der Waals surface area contributed by atoms with Crippen LogP contribution in [0.5, 0.6) is 0 Å². The van der Waals surface area contributed by atoms with E-state index in [2.05, 4.69) is 17.6 Å². The van der Waals surface area contributed by atoms with Gasteiger partial charge in [0.25, 0.3) is 11.8 Å². The highest BCUT2D eigenvalue weighted by molar-refractivity contribution is 7.14. The summed E-state index contributed by atoms with van der Waals surface area (Å²) in [4.78, 5) is 37.1. The smallest absolute Gasteiger partial charge is 0.348 e. The van der Waals surface area contributed by atoms with Crippen LogP contribution >= 0.6 is 11.3 Å². The summed E-state index contributed by atoms with van der Waals surface area (Å²) in [5.74, 6) is -1.14. The molecule has 1 aromatic heterocycles. The summed E-state index contributed by atoms with van der Waals surface area (Å²) < 4.78 is 5.08. The Bertz CT molecular complexity index is 796. The van der Waals surface area contributed by atoms with Gasteiger partial charge in [-0.1, -0.05) is 13.3 Å². The zero-order chi connectivity index (χ0) is 19.1. The lowest BCUT2D eigenvalue weighted by Gasteiger charge is -2.07. The second-order valence-electron chi connectivity index (χ2n) is 5.72. The van der Waals surface area contributed by atoms with Gasteiger partial charge < -0.3 is 15.4 Å². The number of hydrogen-bond acceptors (Lipinski definition) is 5. The molecule has 2 amide bonds. The molecule has 2 aromatic rings. The van der Waals surface area contributed by atoms with Crippen LogP contribution in [0.15, 0.2) is 30.3 Å². The minimum Gasteiger partial charge on any atom is -0.451 e. The van der Waals surface area contributed by atoms with Crippen LogP contribution in [0, 0.1) is 6.92 Å².